The maximum absolute atomic E-state index is 13.0. The summed E-state index contributed by atoms with van der Waals surface area (Å²) in [5.74, 6) is 0.140. The van der Waals surface area contributed by atoms with Crippen molar-refractivity contribution in [2.45, 2.75) is 25.3 Å². The zero-order chi connectivity index (χ0) is 14.1. The molecular formula is C17H18FNO. The highest BCUT2D eigenvalue weighted by molar-refractivity contribution is 5.40. The summed E-state index contributed by atoms with van der Waals surface area (Å²) in [6.07, 6.45) is 1.10. The second-order valence-corrected chi connectivity index (χ2v) is 5.43. The van der Waals surface area contributed by atoms with Crippen molar-refractivity contribution < 1.29 is 9.50 Å². The average molecular weight is 271 g/mol. The number of hydrogen-bond acceptors (Lipinski definition) is 2. The molecule has 2 unspecified atom stereocenters. The highest BCUT2D eigenvalue weighted by atomic mass is 19.1. The number of phenols is 1. The van der Waals surface area contributed by atoms with Crippen molar-refractivity contribution in [1.82, 2.24) is 5.32 Å². The Labute approximate surface area is 118 Å². The highest BCUT2D eigenvalue weighted by Gasteiger charge is 2.25. The highest BCUT2D eigenvalue weighted by Crippen LogP contribution is 2.34. The van der Waals surface area contributed by atoms with E-state index in [-0.39, 0.29) is 11.8 Å². The third-order valence-electron chi connectivity index (χ3n) is 4.09. The lowest BCUT2D eigenvalue weighted by molar-refractivity contribution is 0.437. The lowest BCUT2D eigenvalue weighted by atomic mass is 9.77. The molecule has 2 aromatic rings. The average Bonchev–Trinajstić information content (AvgIpc) is 2.39. The van der Waals surface area contributed by atoms with E-state index in [1.54, 1.807) is 6.07 Å². The normalized spacial score (nSPS) is 18.2. The van der Waals surface area contributed by atoms with Crippen molar-refractivity contribution in [1.29, 1.82) is 0 Å². The van der Waals surface area contributed by atoms with Crippen LogP contribution < -0.4 is 5.32 Å². The number of nitrogens with one attached hydrogen (secondary N) is 1. The van der Waals surface area contributed by atoms with Gasteiger partial charge < -0.3 is 10.4 Å². The summed E-state index contributed by atoms with van der Waals surface area (Å²) in [6, 6.07) is 12.7. The number of halogens is 1. The Hall–Kier alpha value is -1.87. The zero-order valence-electron chi connectivity index (χ0n) is 11.4. The lowest BCUT2D eigenvalue weighted by Gasteiger charge is -2.31. The van der Waals surface area contributed by atoms with Crippen molar-refractivity contribution in [2.75, 3.05) is 6.54 Å². The molecule has 3 heteroatoms. The standard InChI is InChI=1S/C17H18FNO/c1-11(15-7-6-14(18)9-17(15)20)19-10-13-8-12-4-2-3-5-16(12)13/h2-7,9,11,13,19-20H,8,10H2,1H3. The van der Waals surface area contributed by atoms with Crippen molar-refractivity contribution in [3.63, 3.8) is 0 Å². The fraction of sp³-hybridized carbons (Fsp3) is 0.294. The van der Waals surface area contributed by atoms with E-state index in [1.165, 1.54) is 17.2 Å². The molecular weight excluding hydrogens is 253 g/mol. The number of benzene rings is 2. The summed E-state index contributed by atoms with van der Waals surface area (Å²) < 4.78 is 13.0. The van der Waals surface area contributed by atoms with Crippen molar-refractivity contribution in [3.05, 3.63) is 65.0 Å². The maximum Gasteiger partial charge on any atom is 0.126 e. The molecule has 1 aliphatic carbocycles. The molecule has 0 aromatic heterocycles. The Balaban J connectivity index is 1.62. The molecule has 104 valence electrons. The van der Waals surface area contributed by atoms with Crippen LogP contribution >= 0.6 is 0 Å². The molecule has 20 heavy (non-hydrogen) atoms. The van der Waals surface area contributed by atoms with Gasteiger partial charge in [-0.3, -0.25) is 0 Å². The molecule has 2 atom stereocenters. The lowest BCUT2D eigenvalue weighted by Crippen LogP contribution is -2.30. The zero-order valence-corrected chi connectivity index (χ0v) is 11.4. The smallest absolute Gasteiger partial charge is 0.126 e. The Kier molecular flexibility index (Phi) is 3.45. The quantitative estimate of drug-likeness (QED) is 0.891. The van der Waals surface area contributed by atoms with Crippen LogP contribution in [0.3, 0.4) is 0 Å². The van der Waals surface area contributed by atoms with Gasteiger partial charge in [-0.2, -0.15) is 0 Å². The molecule has 0 saturated carbocycles. The number of phenolic OH excluding ortho intramolecular Hbond substituents is 1. The molecule has 0 saturated heterocycles. The summed E-state index contributed by atoms with van der Waals surface area (Å²) in [5, 5.41) is 13.2. The minimum atomic E-state index is -0.411. The topological polar surface area (TPSA) is 32.3 Å². The summed E-state index contributed by atoms with van der Waals surface area (Å²) >= 11 is 0. The first-order valence-corrected chi connectivity index (χ1v) is 6.94. The van der Waals surface area contributed by atoms with Gasteiger partial charge in [0.1, 0.15) is 11.6 Å². The van der Waals surface area contributed by atoms with E-state index >= 15 is 0 Å². The first kappa shape index (κ1) is 13.1. The molecule has 0 amide bonds. The molecule has 2 aromatic carbocycles. The SMILES string of the molecule is CC(NCC1Cc2ccccc21)c1ccc(F)cc1O. The van der Waals surface area contributed by atoms with E-state index in [9.17, 15) is 9.50 Å². The van der Waals surface area contributed by atoms with Gasteiger partial charge in [-0.1, -0.05) is 30.3 Å². The fourth-order valence-corrected chi connectivity index (χ4v) is 2.86. The minimum absolute atomic E-state index is 0.00311. The van der Waals surface area contributed by atoms with Crippen LogP contribution in [0.25, 0.3) is 0 Å². The van der Waals surface area contributed by atoms with Gasteiger partial charge in [0.2, 0.25) is 0 Å². The third kappa shape index (κ3) is 2.41. The second kappa shape index (κ2) is 5.25. The van der Waals surface area contributed by atoms with E-state index in [1.807, 2.05) is 6.92 Å². The molecule has 2 N–H and O–H groups in total. The minimum Gasteiger partial charge on any atom is -0.508 e. The third-order valence-corrected chi connectivity index (χ3v) is 4.09. The molecule has 0 bridgehead atoms. The van der Waals surface area contributed by atoms with Crippen LogP contribution in [0, 0.1) is 5.82 Å². The monoisotopic (exact) mass is 271 g/mol. The van der Waals surface area contributed by atoms with Gasteiger partial charge in [0.25, 0.3) is 0 Å². The van der Waals surface area contributed by atoms with Crippen LogP contribution in [0.4, 0.5) is 4.39 Å². The fourth-order valence-electron chi connectivity index (χ4n) is 2.86. The van der Waals surface area contributed by atoms with Crippen molar-refractivity contribution in [2.24, 2.45) is 0 Å². The summed E-state index contributed by atoms with van der Waals surface area (Å²) in [4.78, 5) is 0. The Morgan fingerprint density at radius 2 is 2.10 bits per heavy atom. The van der Waals surface area contributed by atoms with Crippen molar-refractivity contribution >= 4 is 0 Å². The van der Waals surface area contributed by atoms with Gasteiger partial charge in [0, 0.05) is 30.1 Å². The van der Waals surface area contributed by atoms with E-state index in [0.717, 1.165) is 24.6 Å². The maximum atomic E-state index is 13.0. The molecule has 0 spiro atoms. The van der Waals surface area contributed by atoms with E-state index in [2.05, 4.69) is 29.6 Å². The van der Waals surface area contributed by atoms with Gasteiger partial charge in [0.05, 0.1) is 0 Å². The molecule has 0 aliphatic heterocycles. The molecule has 1 aliphatic rings. The van der Waals surface area contributed by atoms with Gasteiger partial charge in [-0.15, -0.1) is 0 Å². The van der Waals surface area contributed by atoms with Crippen LogP contribution in [0.1, 0.15) is 35.6 Å². The van der Waals surface area contributed by atoms with Gasteiger partial charge in [-0.25, -0.2) is 4.39 Å². The Morgan fingerprint density at radius 3 is 2.85 bits per heavy atom. The van der Waals surface area contributed by atoms with E-state index < -0.39 is 5.82 Å². The Bertz CT molecular complexity index is 626. The molecule has 0 radical (unpaired) electrons. The number of aromatic hydroxyl groups is 1. The van der Waals surface area contributed by atoms with Crippen LogP contribution in [0.2, 0.25) is 0 Å². The predicted octanol–water partition coefficient (Wildman–Crippen LogP) is 3.52. The molecule has 2 nitrogen and oxygen atoms in total. The summed E-state index contributed by atoms with van der Waals surface area (Å²) in [7, 11) is 0. The second-order valence-electron chi connectivity index (χ2n) is 5.43. The predicted molar refractivity (Wildman–Crippen MR) is 77.4 cm³/mol. The largest absolute Gasteiger partial charge is 0.508 e. The van der Waals surface area contributed by atoms with Gasteiger partial charge in [0.15, 0.2) is 0 Å². The number of fused-ring (bicyclic) bond motifs is 1. The van der Waals surface area contributed by atoms with Gasteiger partial charge in [-0.05, 0) is 30.5 Å². The first-order valence-electron chi connectivity index (χ1n) is 6.94. The van der Waals surface area contributed by atoms with E-state index in [4.69, 9.17) is 0 Å². The molecule has 0 heterocycles. The molecule has 3 rings (SSSR count). The van der Waals surface area contributed by atoms with Crippen molar-refractivity contribution in [3.8, 4) is 5.75 Å². The van der Waals surface area contributed by atoms with E-state index in [0.29, 0.717) is 5.92 Å². The van der Waals surface area contributed by atoms with Gasteiger partial charge >= 0.3 is 0 Å². The Morgan fingerprint density at radius 1 is 1.30 bits per heavy atom. The van der Waals surface area contributed by atoms with Crippen LogP contribution in [-0.4, -0.2) is 11.7 Å². The first-order chi connectivity index (χ1) is 9.65. The summed E-state index contributed by atoms with van der Waals surface area (Å²) in [5.41, 5.74) is 3.58. The van der Waals surface area contributed by atoms with Crippen LogP contribution in [0.15, 0.2) is 42.5 Å². The summed E-state index contributed by atoms with van der Waals surface area (Å²) in [6.45, 7) is 2.85. The number of rotatable bonds is 4. The van der Waals surface area contributed by atoms with Crippen LogP contribution in [0.5, 0.6) is 5.75 Å². The molecule has 0 fully saturated rings. The number of hydrogen-bond donors (Lipinski definition) is 2. The van der Waals surface area contributed by atoms with Crippen LogP contribution in [-0.2, 0) is 6.42 Å².